The van der Waals surface area contributed by atoms with Crippen LogP contribution in [0.15, 0.2) is 12.3 Å². The van der Waals surface area contributed by atoms with E-state index in [1.807, 2.05) is 33.8 Å². The maximum Gasteiger partial charge on any atom is 0.496 e. The molecule has 5 nitrogen and oxygen atoms in total. The third-order valence-electron chi connectivity index (χ3n) is 4.02. The third-order valence-corrected chi connectivity index (χ3v) is 4.02. The van der Waals surface area contributed by atoms with Crippen LogP contribution in [0.3, 0.4) is 0 Å². The number of nitrogens with two attached hydrogens (primary N) is 1. The van der Waals surface area contributed by atoms with Crippen molar-refractivity contribution in [1.29, 1.82) is 5.26 Å². The van der Waals surface area contributed by atoms with E-state index in [9.17, 15) is 5.26 Å². The van der Waals surface area contributed by atoms with Gasteiger partial charge in [0.15, 0.2) is 0 Å². The van der Waals surface area contributed by atoms with Crippen molar-refractivity contribution in [2.45, 2.75) is 45.3 Å². The van der Waals surface area contributed by atoms with Gasteiger partial charge in [0.25, 0.3) is 0 Å². The third kappa shape index (κ3) is 2.57. The highest BCUT2D eigenvalue weighted by atomic mass is 16.7. The topological polar surface area (TPSA) is 81.2 Å². The zero-order valence-electron chi connectivity index (χ0n) is 12.4. The summed E-state index contributed by atoms with van der Waals surface area (Å²) >= 11 is 0. The standard InChI is InChI=1S/C14H20BN3O2/c1-13(2)14(3,4)20-15(19-13)12-7-11(5-6-16)18-9-10(12)8-17/h7,9H,5-6,16H2,1-4H3. The summed E-state index contributed by atoms with van der Waals surface area (Å²) in [7, 11) is -0.547. The first-order valence-corrected chi connectivity index (χ1v) is 6.75. The summed E-state index contributed by atoms with van der Waals surface area (Å²) in [5, 5.41) is 9.23. The van der Waals surface area contributed by atoms with E-state index in [1.54, 1.807) is 6.20 Å². The second-order valence-corrected chi connectivity index (χ2v) is 6.00. The summed E-state index contributed by atoms with van der Waals surface area (Å²) in [6, 6.07) is 4.00. The predicted octanol–water partition coefficient (Wildman–Crippen LogP) is 0.754. The Hall–Kier alpha value is -1.42. The van der Waals surface area contributed by atoms with Gasteiger partial charge in [0.1, 0.15) is 6.07 Å². The molecule has 0 aliphatic carbocycles. The fourth-order valence-electron chi connectivity index (χ4n) is 2.06. The number of hydrogen-bond donors (Lipinski definition) is 1. The maximum absolute atomic E-state index is 9.23. The first-order chi connectivity index (χ1) is 9.30. The predicted molar refractivity (Wildman–Crippen MR) is 77.4 cm³/mol. The van der Waals surface area contributed by atoms with E-state index in [0.717, 1.165) is 11.2 Å². The summed E-state index contributed by atoms with van der Waals surface area (Å²) in [4.78, 5) is 4.23. The first-order valence-electron chi connectivity index (χ1n) is 6.75. The molecule has 0 atom stereocenters. The van der Waals surface area contributed by atoms with E-state index in [-0.39, 0.29) is 0 Å². The normalized spacial score (nSPS) is 19.9. The van der Waals surface area contributed by atoms with E-state index in [0.29, 0.717) is 18.5 Å². The molecular weight excluding hydrogens is 253 g/mol. The van der Waals surface area contributed by atoms with Crippen LogP contribution in [0.2, 0.25) is 0 Å². The highest BCUT2D eigenvalue weighted by Gasteiger charge is 2.52. The van der Waals surface area contributed by atoms with Gasteiger partial charge in [-0.05, 0) is 40.3 Å². The van der Waals surface area contributed by atoms with Crippen LogP contribution in [0.4, 0.5) is 0 Å². The van der Waals surface area contributed by atoms with Crippen LogP contribution in [0.5, 0.6) is 0 Å². The van der Waals surface area contributed by atoms with Crippen molar-refractivity contribution in [1.82, 2.24) is 4.98 Å². The van der Waals surface area contributed by atoms with Crippen LogP contribution in [-0.2, 0) is 15.7 Å². The molecule has 1 aliphatic rings. The lowest BCUT2D eigenvalue weighted by atomic mass is 9.76. The van der Waals surface area contributed by atoms with Crippen LogP contribution < -0.4 is 11.2 Å². The molecule has 0 bridgehead atoms. The summed E-state index contributed by atoms with van der Waals surface area (Å²) in [5.41, 5.74) is 6.74. The van der Waals surface area contributed by atoms with Crippen LogP contribution in [-0.4, -0.2) is 29.8 Å². The summed E-state index contributed by atoms with van der Waals surface area (Å²) < 4.78 is 12.0. The summed E-state index contributed by atoms with van der Waals surface area (Å²) in [5.74, 6) is 0. The fraction of sp³-hybridized carbons (Fsp3) is 0.571. The first kappa shape index (κ1) is 15.0. The van der Waals surface area contributed by atoms with E-state index in [1.165, 1.54) is 0 Å². The van der Waals surface area contributed by atoms with Gasteiger partial charge in [-0.2, -0.15) is 5.26 Å². The lowest BCUT2D eigenvalue weighted by Gasteiger charge is -2.32. The molecule has 2 rings (SSSR count). The van der Waals surface area contributed by atoms with Gasteiger partial charge < -0.3 is 15.0 Å². The smallest absolute Gasteiger partial charge is 0.399 e. The Morgan fingerprint density at radius 3 is 2.40 bits per heavy atom. The lowest BCUT2D eigenvalue weighted by molar-refractivity contribution is 0.00578. The summed E-state index contributed by atoms with van der Waals surface area (Å²) in [6.45, 7) is 8.46. The van der Waals surface area contributed by atoms with Gasteiger partial charge in [0, 0.05) is 23.8 Å². The van der Waals surface area contributed by atoms with E-state index < -0.39 is 18.3 Å². The summed E-state index contributed by atoms with van der Waals surface area (Å²) in [6.07, 6.45) is 2.23. The molecule has 1 aromatic rings. The molecular formula is C14H20BN3O2. The molecule has 1 aromatic heterocycles. The SMILES string of the molecule is CC1(C)OB(c2cc(CCN)ncc2C#N)OC1(C)C. The van der Waals surface area contributed by atoms with Gasteiger partial charge in [0.05, 0.1) is 16.8 Å². The minimum absolute atomic E-state index is 0.429. The fourth-order valence-corrected chi connectivity index (χ4v) is 2.06. The van der Waals surface area contributed by atoms with E-state index >= 15 is 0 Å². The Kier molecular flexibility index (Phi) is 3.87. The highest BCUT2D eigenvalue weighted by molar-refractivity contribution is 6.62. The molecule has 106 valence electrons. The van der Waals surface area contributed by atoms with Crippen molar-refractivity contribution in [3.05, 3.63) is 23.5 Å². The minimum Gasteiger partial charge on any atom is -0.399 e. The molecule has 1 saturated heterocycles. The van der Waals surface area contributed by atoms with E-state index in [4.69, 9.17) is 15.0 Å². The Morgan fingerprint density at radius 2 is 1.90 bits per heavy atom. The molecule has 0 radical (unpaired) electrons. The molecule has 20 heavy (non-hydrogen) atoms. The highest BCUT2D eigenvalue weighted by Crippen LogP contribution is 2.36. The van der Waals surface area contributed by atoms with E-state index in [2.05, 4.69) is 11.1 Å². The van der Waals surface area contributed by atoms with Crippen LogP contribution in [0, 0.1) is 11.3 Å². The van der Waals surface area contributed by atoms with Gasteiger partial charge in [-0.25, -0.2) is 0 Å². The second-order valence-electron chi connectivity index (χ2n) is 6.00. The molecule has 1 fully saturated rings. The molecule has 0 aromatic carbocycles. The average molecular weight is 273 g/mol. The molecule has 0 unspecified atom stereocenters. The minimum atomic E-state index is -0.547. The number of aromatic nitrogens is 1. The van der Waals surface area contributed by atoms with Gasteiger partial charge >= 0.3 is 7.12 Å². The largest absolute Gasteiger partial charge is 0.496 e. The zero-order chi connectivity index (χ0) is 15.0. The lowest BCUT2D eigenvalue weighted by Crippen LogP contribution is -2.41. The average Bonchev–Trinajstić information content (AvgIpc) is 2.59. The van der Waals surface area contributed by atoms with Crippen molar-refractivity contribution in [3.8, 4) is 6.07 Å². The van der Waals surface area contributed by atoms with Gasteiger partial charge in [-0.15, -0.1) is 0 Å². The van der Waals surface area contributed by atoms with Gasteiger partial charge in [0.2, 0.25) is 0 Å². The molecule has 0 saturated carbocycles. The Balaban J connectivity index is 2.38. The van der Waals surface area contributed by atoms with Gasteiger partial charge in [-0.1, -0.05) is 0 Å². The molecule has 1 aliphatic heterocycles. The maximum atomic E-state index is 9.23. The number of rotatable bonds is 3. The van der Waals surface area contributed by atoms with Crippen molar-refractivity contribution in [2.24, 2.45) is 5.73 Å². The Bertz CT molecular complexity index is 536. The molecule has 6 heteroatoms. The van der Waals surface area contributed by atoms with Crippen LogP contribution in [0.1, 0.15) is 39.0 Å². The van der Waals surface area contributed by atoms with Crippen LogP contribution >= 0.6 is 0 Å². The van der Waals surface area contributed by atoms with Crippen LogP contribution in [0.25, 0.3) is 0 Å². The number of nitriles is 1. The monoisotopic (exact) mass is 273 g/mol. The van der Waals surface area contributed by atoms with Crippen molar-refractivity contribution in [2.75, 3.05) is 6.54 Å². The van der Waals surface area contributed by atoms with Crippen molar-refractivity contribution < 1.29 is 9.31 Å². The number of pyridine rings is 1. The Morgan fingerprint density at radius 1 is 1.30 bits per heavy atom. The second kappa shape index (κ2) is 5.17. The van der Waals surface area contributed by atoms with Crippen molar-refractivity contribution in [3.63, 3.8) is 0 Å². The zero-order valence-corrected chi connectivity index (χ0v) is 12.4. The Labute approximate surface area is 120 Å². The molecule has 2 N–H and O–H groups in total. The van der Waals surface area contributed by atoms with Crippen molar-refractivity contribution >= 4 is 12.6 Å². The number of nitrogens with zero attached hydrogens (tertiary/aromatic N) is 2. The molecule has 0 spiro atoms. The molecule has 0 amide bonds. The van der Waals surface area contributed by atoms with Gasteiger partial charge in [-0.3, -0.25) is 4.98 Å². The quantitative estimate of drug-likeness (QED) is 0.822. The number of hydrogen-bond acceptors (Lipinski definition) is 5. The molecule has 2 heterocycles.